The van der Waals surface area contributed by atoms with Gasteiger partial charge in [0.1, 0.15) is 0 Å². The maximum absolute atomic E-state index is 13.2. The van der Waals surface area contributed by atoms with Crippen LogP contribution in [-0.4, -0.2) is 24.6 Å². The van der Waals surface area contributed by atoms with Crippen LogP contribution in [0.5, 0.6) is 0 Å². The first-order valence-corrected chi connectivity index (χ1v) is 8.78. The molecule has 108 valence electrons. The van der Waals surface area contributed by atoms with Crippen molar-refractivity contribution in [1.29, 1.82) is 0 Å². The highest BCUT2D eigenvalue weighted by Gasteiger charge is 2.42. The molecule has 1 aromatic rings. The van der Waals surface area contributed by atoms with E-state index in [-0.39, 0.29) is 0 Å². The van der Waals surface area contributed by atoms with Crippen LogP contribution in [0.2, 0.25) is 0 Å². The van der Waals surface area contributed by atoms with Gasteiger partial charge in [-0.05, 0) is 12.1 Å². The number of hydrogen-bond donors (Lipinski definition) is 4. The second kappa shape index (κ2) is 5.49. The summed E-state index contributed by atoms with van der Waals surface area (Å²) in [5.74, 6) is -1.32. The first-order valence-electron chi connectivity index (χ1n) is 4.18. The Morgan fingerprint density at radius 2 is 1.68 bits per heavy atom. The molecule has 2 atom stereocenters. The van der Waals surface area contributed by atoms with E-state index in [9.17, 15) is 23.0 Å². The molecule has 1 heterocycles. The van der Waals surface area contributed by atoms with E-state index in [1.54, 1.807) is 0 Å². The Balaban J connectivity index is 3.04. The van der Waals surface area contributed by atoms with E-state index in [0.717, 1.165) is 18.3 Å². The fourth-order valence-corrected chi connectivity index (χ4v) is 4.36. The van der Waals surface area contributed by atoms with Crippen LogP contribution in [0.15, 0.2) is 18.3 Å². The molecule has 0 fully saturated rings. The van der Waals surface area contributed by atoms with E-state index in [1.165, 1.54) is 0 Å². The zero-order valence-corrected chi connectivity index (χ0v) is 11.4. The van der Waals surface area contributed by atoms with Gasteiger partial charge < -0.3 is 19.6 Å². The molecule has 0 saturated carbocycles. The summed E-state index contributed by atoms with van der Waals surface area (Å²) in [6, 6.07) is 1.80. The lowest BCUT2D eigenvalue weighted by molar-refractivity contribution is 0.224. The molecule has 0 aliphatic carbocycles. The van der Waals surface area contributed by atoms with Gasteiger partial charge in [-0.1, -0.05) is 0 Å². The zero-order valence-electron chi connectivity index (χ0n) is 8.73. The number of hydrogen-bond acceptors (Lipinski definition) is 6. The van der Waals surface area contributed by atoms with Crippen molar-refractivity contribution in [2.45, 2.75) is 0 Å². The van der Waals surface area contributed by atoms with Crippen LogP contribution in [0.1, 0.15) is 0 Å². The minimum absolute atomic E-state index is 0.723. The van der Waals surface area contributed by atoms with Crippen molar-refractivity contribution in [2.75, 3.05) is 0 Å². The quantitative estimate of drug-likeness (QED) is 0.548. The fourth-order valence-electron chi connectivity index (χ4n) is 0.913. The van der Waals surface area contributed by atoms with E-state index in [1.807, 2.05) is 0 Å². The van der Waals surface area contributed by atoms with Gasteiger partial charge >= 0.3 is 23.2 Å². The lowest BCUT2D eigenvalue weighted by atomic mass is 10.5. The SMILES string of the molecule is O=P(O)(O)OP(=O)(O)OP(=O)(O)c1ncccc1F. The largest absolute Gasteiger partial charge is 0.488 e. The molecule has 4 N–H and O–H groups in total. The minimum atomic E-state index is -5.60. The van der Waals surface area contributed by atoms with Crippen LogP contribution in [0.4, 0.5) is 4.39 Å². The molecule has 0 aliphatic heterocycles. The Morgan fingerprint density at radius 3 is 2.16 bits per heavy atom. The van der Waals surface area contributed by atoms with Gasteiger partial charge in [0, 0.05) is 6.20 Å². The van der Waals surface area contributed by atoms with Crippen LogP contribution in [0, 0.1) is 5.82 Å². The summed E-state index contributed by atoms with van der Waals surface area (Å²) in [6.45, 7) is 0. The molecular weight excluding hydrogens is 330 g/mol. The highest BCUT2D eigenvalue weighted by atomic mass is 31.3. The number of aromatic nitrogens is 1. The van der Waals surface area contributed by atoms with Crippen LogP contribution < -0.4 is 5.44 Å². The summed E-state index contributed by atoms with van der Waals surface area (Å²) in [5, 5.41) is 0. The number of pyridine rings is 1. The van der Waals surface area contributed by atoms with Crippen molar-refractivity contribution in [3.63, 3.8) is 0 Å². The van der Waals surface area contributed by atoms with Gasteiger partial charge in [0.15, 0.2) is 11.3 Å². The van der Waals surface area contributed by atoms with Gasteiger partial charge in [0.2, 0.25) is 0 Å². The van der Waals surface area contributed by atoms with Crippen molar-refractivity contribution in [3.05, 3.63) is 24.1 Å². The summed E-state index contributed by atoms with van der Waals surface area (Å²) in [6.07, 6.45) is 0.900. The van der Waals surface area contributed by atoms with Crippen LogP contribution >= 0.6 is 23.2 Å². The van der Waals surface area contributed by atoms with E-state index in [0.29, 0.717) is 0 Å². The van der Waals surface area contributed by atoms with Gasteiger partial charge in [-0.15, -0.1) is 0 Å². The molecule has 1 aromatic heterocycles. The summed E-state index contributed by atoms with van der Waals surface area (Å²) in [5.41, 5.74) is -1.20. The van der Waals surface area contributed by atoms with Crippen molar-refractivity contribution in [2.24, 2.45) is 0 Å². The normalized spacial score (nSPS) is 18.6. The first-order chi connectivity index (χ1) is 8.43. The third-order valence-corrected chi connectivity index (χ3v) is 5.68. The second-order valence-corrected chi connectivity index (χ2v) is 7.64. The van der Waals surface area contributed by atoms with Crippen molar-refractivity contribution in [3.8, 4) is 0 Å². The highest BCUT2D eigenvalue weighted by Crippen LogP contribution is 2.65. The summed E-state index contributed by atoms with van der Waals surface area (Å²) < 4.78 is 53.0. The Hall–Kier alpha value is -0.470. The molecule has 14 heteroatoms. The predicted octanol–water partition coefficient (Wildman–Crippen LogP) is 0.258. The van der Waals surface area contributed by atoms with Crippen LogP contribution in [0.25, 0.3) is 0 Å². The molecule has 0 radical (unpaired) electrons. The highest BCUT2D eigenvalue weighted by molar-refractivity contribution is 7.71. The van der Waals surface area contributed by atoms with Crippen LogP contribution in [-0.2, 0) is 22.3 Å². The molecule has 19 heavy (non-hydrogen) atoms. The Morgan fingerprint density at radius 1 is 1.11 bits per heavy atom. The molecule has 2 unspecified atom stereocenters. The van der Waals surface area contributed by atoms with Crippen molar-refractivity contribution in [1.82, 2.24) is 4.98 Å². The maximum atomic E-state index is 13.2. The summed E-state index contributed by atoms with van der Waals surface area (Å²) in [7, 11) is -16.3. The van der Waals surface area contributed by atoms with E-state index >= 15 is 0 Å². The third kappa shape index (κ3) is 5.19. The van der Waals surface area contributed by atoms with Gasteiger partial charge in [-0.3, -0.25) is 4.57 Å². The average Bonchev–Trinajstić information content (AvgIpc) is 2.11. The number of rotatable bonds is 5. The van der Waals surface area contributed by atoms with E-state index in [2.05, 4.69) is 13.6 Å². The van der Waals surface area contributed by atoms with Gasteiger partial charge in [-0.2, -0.15) is 4.31 Å². The molecule has 0 saturated heterocycles. The molecule has 0 amide bonds. The molecule has 0 aromatic carbocycles. The second-order valence-electron chi connectivity index (χ2n) is 2.95. The average molecular weight is 337 g/mol. The molecular formula is C5H7FNO9P3. The van der Waals surface area contributed by atoms with Crippen LogP contribution in [0.3, 0.4) is 0 Å². The molecule has 1 rings (SSSR count). The molecule has 0 bridgehead atoms. The first kappa shape index (κ1) is 16.6. The van der Waals surface area contributed by atoms with Gasteiger partial charge in [-0.25, -0.2) is 22.8 Å². The van der Waals surface area contributed by atoms with Crippen molar-refractivity contribution < 1.29 is 46.3 Å². The molecule has 0 aliphatic rings. The maximum Gasteiger partial charge on any atom is 0.488 e. The summed E-state index contributed by atoms with van der Waals surface area (Å²) in [4.78, 5) is 37.9. The number of halogens is 1. The zero-order chi connectivity index (χ0) is 14.9. The molecule has 0 spiro atoms. The minimum Gasteiger partial charge on any atom is -0.319 e. The van der Waals surface area contributed by atoms with Gasteiger partial charge in [0.05, 0.1) is 0 Å². The lowest BCUT2D eigenvalue weighted by Gasteiger charge is -2.16. The molecule has 10 nitrogen and oxygen atoms in total. The number of phosphoric acid groups is 2. The topological polar surface area (TPSA) is 163 Å². The van der Waals surface area contributed by atoms with E-state index in [4.69, 9.17) is 14.7 Å². The fraction of sp³-hybridized carbons (Fsp3) is 0. The predicted molar refractivity (Wildman–Crippen MR) is 57.7 cm³/mol. The van der Waals surface area contributed by atoms with Crippen molar-refractivity contribution >= 4 is 28.7 Å². The Labute approximate surface area is 105 Å². The monoisotopic (exact) mass is 337 g/mol. The smallest absolute Gasteiger partial charge is 0.319 e. The lowest BCUT2D eigenvalue weighted by Crippen LogP contribution is -2.15. The third-order valence-electron chi connectivity index (χ3n) is 1.43. The summed E-state index contributed by atoms with van der Waals surface area (Å²) >= 11 is 0. The van der Waals surface area contributed by atoms with E-state index < -0.39 is 34.5 Å². The standard InChI is InChI=1S/C5H7FNO9P3/c6-4-2-1-3-7-5(4)17(8,9)15-19(13,14)16-18(10,11)12/h1-3H,(H,8,9)(H,13,14)(H2,10,11,12). The number of nitrogens with zero attached hydrogens (tertiary/aromatic N) is 1. The Kier molecular flexibility index (Phi) is 4.79. The Bertz CT molecular complexity index is 614. The van der Waals surface area contributed by atoms with Gasteiger partial charge in [0.25, 0.3) is 0 Å².